The lowest BCUT2D eigenvalue weighted by Gasteiger charge is -2.25. The molecule has 47 heavy (non-hydrogen) atoms. The number of carbonyl (C=O) groups is 2. The van der Waals surface area contributed by atoms with Crippen LogP contribution in [0.5, 0.6) is 11.5 Å². The second-order valence-electron chi connectivity index (χ2n) is 9.74. The van der Waals surface area contributed by atoms with Gasteiger partial charge in [0.15, 0.2) is 0 Å². The quantitative estimate of drug-likeness (QED) is 0.0500. The van der Waals surface area contributed by atoms with Crippen molar-refractivity contribution in [2.45, 2.75) is 20.8 Å². The van der Waals surface area contributed by atoms with Gasteiger partial charge in [-0.05, 0) is 56.7 Å². The first-order valence-corrected chi connectivity index (χ1v) is 14.8. The van der Waals surface area contributed by atoms with Crippen molar-refractivity contribution in [3.05, 3.63) is 95.6 Å². The topological polar surface area (TPSA) is 166 Å². The SMILES string of the molecule is C=CC(=O)OCCN(CCOC(=O)C=C)c1ccc(NNc2cc(OCC)c(NNc3ccc([N+](=O)[O-])cc3)cc2OCC)c(C)c1. The Bertz CT molecular complexity index is 1520. The van der Waals surface area contributed by atoms with Gasteiger partial charge in [0, 0.05) is 42.1 Å². The van der Waals surface area contributed by atoms with Crippen molar-refractivity contribution in [2.24, 2.45) is 0 Å². The first kappa shape index (κ1) is 35.6. The van der Waals surface area contributed by atoms with E-state index in [9.17, 15) is 19.7 Å². The van der Waals surface area contributed by atoms with Gasteiger partial charge < -0.3 is 34.7 Å². The summed E-state index contributed by atoms with van der Waals surface area (Å²) in [5.41, 5.74) is 16.9. The van der Waals surface area contributed by atoms with E-state index in [1.54, 1.807) is 24.3 Å². The summed E-state index contributed by atoms with van der Waals surface area (Å²) in [6.45, 7) is 14.3. The van der Waals surface area contributed by atoms with E-state index >= 15 is 0 Å². The molecule has 3 aromatic carbocycles. The van der Waals surface area contributed by atoms with Crippen LogP contribution in [0.25, 0.3) is 0 Å². The van der Waals surface area contributed by atoms with Gasteiger partial charge in [0.2, 0.25) is 0 Å². The molecule has 4 N–H and O–H groups in total. The molecule has 3 aromatic rings. The van der Waals surface area contributed by atoms with Gasteiger partial charge >= 0.3 is 11.9 Å². The molecule has 0 saturated carbocycles. The fourth-order valence-electron chi connectivity index (χ4n) is 4.23. The number of ether oxygens (including phenoxy) is 4. The molecule has 0 bridgehead atoms. The van der Waals surface area contributed by atoms with E-state index in [0.717, 1.165) is 29.1 Å². The number of hydrogen-bond acceptors (Lipinski definition) is 13. The van der Waals surface area contributed by atoms with Crippen LogP contribution in [0.4, 0.5) is 34.1 Å². The van der Waals surface area contributed by atoms with Gasteiger partial charge in [-0.3, -0.25) is 21.0 Å². The molecule has 0 radical (unpaired) electrons. The molecule has 0 saturated heterocycles. The minimum Gasteiger partial charge on any atom is -0.492 e. The summed E-state index contributed by atoms with van der Waals surface area (Å²) in [6, 6.07) is 15.3. The summed E-state index contributed by atoms with van der Waals surface area (Å²) in [6.07, 6.45) is 2.20. The molecular weight excluding hydrogens is 608 g/mol. The number of hydrogen-bond donors (Lipinski definition) is 4. The van der Waals surface area contributed by atoms with E-state index in [4.69, 9.17) is 18.9 Å². The van der Waals surface area contributed by atoms with Gasteiger partial charge in [0.05, 0.1) is 54.0 Å². The molecule has 3 rings (SSSR count). The number of anilines is 5. The van der Waals surface area contributed by atoms with Gasteiger partial charge in [0.1, 0.15) is 24.7 Å². The monoisotopic (exact) mass is 648 g/mol. The first-order chi connectivity index (χ1) is 22.7. The summed E-state index contributed by atoms with van der Waals surface area (Å²) < 4.78 is 22.1. The lowest BCUT2D eigenvalue weighted by atomic mass is 10.1. The molecule has 0 aliphatic rings. The Hall–Kier alpha value is -5.92. The molecule has 0 aliphatic carbocycles. The maximum atomic E-state index is 11.5. The molecular formula is C33H40N6O8. The minimum absolute atomic E-state index is 0.00703. The molecule has 0 unspecified atom stereocenters. The van der Waals surface area contributed by atoms with Gasteiger partial charge in [-0.2, -0.15) is 0 Å². The zero-order valence-electron chi connectivity index (χ0n) is 26.7. The van der Waals surface area contributed by atoms with Crippen LogP contribution in [0.3, 0.4) is 0 Å². The number of nitrogens with one attached hydrogen (secondary N) is 4. The van der Waals surface area contributed by atoms with Crippen LogP contribution < -0.4 is 36.1 Å². The maximum Gasteiger partial charge on any atom is 0.330 e. The number of esters is 2. The third kappa shape index (κ3) is 10.9. The molecule has 0 atom stereocenters. The van der Waals surface area contributed by atoms with E-state index < -0.39 is 16.9 Å². The van der Waals surface area contributed by atoms with Crippen LogP contribution in [-0.4, -0.2) is 56.4 Å². The van der Waals surface area contributed by atoms with Crippen molar-refractivity contribution in [2.75, 3.05) is 66.1 Å². The van der Waals surface area contributed by atoms with E-state index in [2.05, 4.69) is 34.9 Å². The smallest absolute Gasteiger partial charge is 0.330 e. The van der Waals surface area contributed by atoms with Crippen molar-refractivity contribution >= 4 is 46.1 Å². The molecule has 14 heteroatoms. The van der Waals surface area contributed by atoms with Crippen LogP contribution in [0, 0.1) is 17.0 Å². The highest BCUT2D eigenvalue weighted by Crippen LogP contribution is 2.37. The highest BCUT2D eigenvalue weighted by atomic mass is 16.6. The molecule has 0 heterocycles. The molecule has 0 aromatic heterocycles. The Labute approximate surface area is 273 Å². The van der Waals surface area contributed by atoms with Crippen LogP contribution in [-0.2, 0) is 19.1 Å². The number of rotatable bonds is 20. The first-order valence-electron chi connectivity index (χ1n) is 14.8. The standard InChI is InChI=1S/C33H40N6O8/c1-6-32(40)46-18-16-38(17-19-47-33(41)7-2)26-14-15-27(23(5)20-26)35-37-29-22-30(44-8-3)28(21-31(29)45-9-4)36-34-24-10-12-25(13-11-24)39(42)43/h6-7,10-15,20-22,34-37H,1-2,8-9,16-19H2,3-5H3. The molecule has 250 valence electrons. The molecule has 14 nitrogen and oxygen atoms in total. The Kier molecular flexibility index (Phi) is 13.7. The van der Waals surface area contributed by atoms with E-state index in [1.165, 1.54) is 12.1 Å². The number of hydrazine groups is 2. The summed E-state index contributed by atoms with van der Waals surface area (Å²) in [4.78, 5) is 35.5. The number of non-ortho nitro benzene ring substituents is 1. The van der Waals surface area contributed by atoms with Gasteiger partial charge in [-0.15, -0.1) is 0 Å². The van der Waals surface area contributed by atoms with Crippen molar-refractivity contribution in [3.63, 3.8) is 0 Å². The highest BCUT2D eigenvalue weighted by molar-refractivity contribution is 5.81. The molecule has 0 spiro atoms. The molecule has 0 amide bonds. The van der Waals surface area contributed by atoms with Crippen molar-refractivity contribution in [1.82, 2.24) is 0 Å². The predicted molar refractivity (Wildman–Crippen MR) is 182 cm³/mol. The third-order valence-corrected chi connectivity index (χ3v) is 6.55. The van der Waals surface area contributed by atoms with E-state index in [1.807, 2.05) is 43.9 Å². The molecule has 0 fully saturated rings. The summed E-state index contributed by atoms with van der Waals surface area (Å²) in [5, 5.41) is 11.0. The fraction of sp³-hybridized carbons (Fsp3) is 0.273. The average molecular weight is 649 g/mol. The maximum absolute atomic E-state index is 11.5. The van der Waals surface area contributed by atoms with Gasteiger partial charge in [-0.25, -0.2) is 9.59 Å². The van der Waals surface area contributed by atoms with Gasteiger partial charge in [-0.1, -0.05) is 13.2 Å². The van der Waals surface area contributed by atoms with Crippen LogP contribution in [0.2, 0.25) is 0 Å². The largest absolute Gasteiger partial charge is 0.492 e. The highest BCUT2D eigenvalue weighted by Gasteiger charge is 2.15. The Morgan fingerprint density at radius 3 is 1.77 bits per heavy atom. The van der Waals surface area contributed by atoms with Crippen LogP contribution >= 0.6 is 0 Å². The zero-order chi connectivity index (χ0) is 34.2. The predicted octanol–water partition coefficient (Wildman–Crippen LogP) is 5.84. The number of nitro groups is 1. The third-order valence-electron chi connectivity index (χ3n) is 6.55. The fourth-order valence-corrected chi connectivity index (χ4v) is 4.23. The Balaban J connectivity index is 1.76. The average Bonchev–Trinajstić information content (AvgIpc) is 3.07. The second-order valence-corrected chi connectivity index (χ2v) is 9.74. The second kappa shape index (κ2) is 18.1. The van der Waals surface area contributed by atoms with Gasteiger partial charge in [0.25, 0.3) is 5.69 Å². The van der Waals surface area contributed by atoms with Crippen molar-refractivity contribution in [3.8, 4) is 11.5 Å². The number of carbonyl (C=O) groups excluding carboxylic acids is 2. The van der Waals surface area contributed by atoms with Crippen LogP contribution in [0.1, 0.15) is 19.4 Å². The minimum atomic E-state index is -0.520. The number of nitrogens with zero attached hydrogens (tertiary/aromatic N) is 2. The van der Waals surface area contributed by atoms with E-state index in [-0.39, 0.29) is 18.9 Å². The lowest BCUT2D eigenvalue weighted by Crippen LogP contribution is -2.32. The number of aryl methyl sites for hydroxylation is 1. The Morgan fingerprint density at radius 2 is 1.30 bits per heavy atom. The number of benzene rings is 3. The molecule has 0 aliphatic heterocycles. The zero-order valence-corrected chi connectivity index (χ0v) is 26.7. The van der Waals surface area contributed by atoms with E-state index in [0.29, 0.717) is 54.9 Å². The lowest BCUT2D eigenvalue weighted by molar-refractivity contribution is -0.384. The van der Waals surface area contributed by atoms with Crippen molar-refractivity contribution in [1.29, 1.82) is 0 Å². The summed E-state index contributed by atoms with van der Waals surface area (Å²) >= 11 is 0. The Morgan fingerprint density at radius 1 is 0.787 bits per heavy atom. The van der Waals surface area contributed by atoms with Crippen LogP contribution in [0.15, 0.2) is 79.9 Å². The summed E-state index contributed by atoms with van der Waals surface area (Å²) in [5.74, 6) is 0.0355. The number of nitro benzene ring substituents is 1. The normalized spacial score (nSPS) is 10.2. The summed E-state index contributed by atoms with van der Waals surface area (Å²) in [7, 11) is 0. The van der Waals surface area contributed by atoms with Crippen molar-refractivity contribution < 1.29 is 33.5 Å².